The lowest BCUT2D eigenvalue weighted by atomic mass is 10.2. The molecule has 0 aliphatic rings. The van der Waals surface area contributed by atoms with E-state index in [1.54, 1.807) is 18.3 Å². The maximum absolute atomic E-state index is 9.83. The van der Waals surface area contributed by atoms with E-state index in [1.165, 1.54) is 7.11 Å². The Bertz CT molecular complexity index is 877. The van der Waals surface area contributed by atoms with Crippen molar-refractivity contribution in [3.8, 4) is 23.0 Å². The molecule has 3 aromatic rings. The third-order valence-corrected chi connectivity index (χ3v) is 4.05. The van der Waals surface area contributed by atoms with Crippen molar-refractivity contribution in [1.82, 2.24) is 0 Å². The van der Waals surface area contributed by atoms with Crippen LogP contribution in [0.3, 0.4) is 0 Å². The van der Waals surface area contributed by atoms with Crippen molar-refractivity contribution in [3.05, 3.63) is 76.8 Å². The molecule has 0 bridgehead atoms. The second-order valence-electron chi connectivity index (χ2n) is 5.22. The average molecular weight is 398 g/mol. The third-order valence-electron chi connectivity index (χ3n) is 3.45. The standard InChI is InChI=1S/C20H16BrNO3/c1-24-19-12-14(11-18(21)20(19)23)13-22-15-7-9-17(10-8-15)25-16-5-3-2-4-6-16/h2-13,23H,1H3. The van der Waals surface area contributed by atoms with Crippen LogP contribution >= 0.6 is 15.9 Å². The first kappa shape index (κ1) is 17.0. The van der Waals surface area contributed by atoms with Gasteiger partial charge in [-0.05, 0) is 70.0 Å². The number of nitrogens with zero attached hydrogens (tertiary/aromatic N) is 1. The number of hydrogen-bond acceptors (Lipinski definition) is 4. The SMILES string of the molecule is COc1cc(C=Nc2ccc(Oc3ccccc3)cc2)cc(Br)c1O. The van der Waals surface area contributed by atoms with Crippen LogP contribution in [0.5, 0.6) is 23.0 Å². The van der Waals surface area contributed by atoms with Crippen molar-refractivity contribution in [2.75, 3.05) is 7.11 Å². The van der Waals surface area contributed by atoms with Gasteiger partial charge in [0.1, 0.15) is 11.5 Å². The highest BCUT2D eigenvalue weighted by Gasteiger charge is 2.07. The van der Waals surface area contributed by atoms with Crippen LogP contribution in [0.4, 0.5) is 5.69 Å². The van der Waals surface area contributed by atoms with Crippen LogP contribution in [0.15, 0.2) is 76.2 Å². The Kier molecular flexibility index (Phi) is 5.36. The van der Waals surface area contributed by atoms with Gasteiger partial charge in [0.05, 0.1) is 17.3 Å². The van der Waals surface area contributed by atoms with Crippen LogP contribution in [0.1, 0.15) is 5.56 Å². The minimum absolute atomic E-state index is 0.0714. The summed E-state index contributed by atoms with van der Waals surface area (Å²) in [6.45, 7) is 0. The number of benzene rings is 3. The van der Waals surface area contributed by atoms with Crippen molar-refractivity contribution in [2.45, 2.75) is 0 Å². The molecule has 0 aliphatic carbocycles. The summed E-state index contributed by atoms with van der Waals surface area (Å²) in [7, 11) is 1.51. The molecule has 25 heavy (non-hydrogen) atoms. The van der Waals surface area contributed by atoms with E-state index in [0.29, 0.717) is 10.2 Å². The Morgan fingerprint density at radius 1 is 0.960 bits per heavy atom. The Balaban J connectivity index is 1.73. The molecule has 0 spiro atoms. The number of hydrogen-bond donors (Lipinski definition) is 1. The first-order chi connectivity index (χ1) is 12.2. The van der Waals surface area contributed by atoms with Gasteiger partial charge >= 0.3 is 0 Å². The lowest BCUT2D eigenvalue weighted by molar-refractivity contribution is 0.372. The van der Waals surface area contributed by atoms with E-state index in [2.05, 4.69) is 20.9 Å². The van der Waals surface area contributed by atoms with Crippen LogP contribution in [0, 0.1) is 0 Å². The number of phenolic OH excluding ortho intramolecular Hbond substituents is 1. The highest BCUT2D eigenvalue weighted by Crippen LogP contribution is 2.34. The minimum atomic E-state index is 0.0714. The number of halogens is 1. The van der Waals surface area contributed by atoms with Gasteiger partial charge in [0.2, 0.25) is 0 Å². The maximum atomic E-state index is 9.83. The molecule has 126 valence electrons. The molecule has 3 aromatic carbocycles. The maximum Gasteiger partial charge on any atom is 0.172 e. The summed E-state index contributed by atoms with van der Waals surface area (Å²) in [5.41, 5.74) is 1.61. The normalized spacial score (nSPS) is 10.8. The molecule has 0 saturated carbocycles. The van der Waals surface area contributed by atoms with Crippen LogP contribution < -0.4 is 9.47 Å². The molecule has 4 nitrogen and oxygen atoms in total. The third kappa shape index (κ3) is 4.39. The number of phenols is 1. The van der Waals surface area contributed by atoms with E-state index in [9.17, 15) is 5.11 Å². The van der Waals surface area contributed by atoms with Gasteiger partial charge in [-0.15, -0.1) is 0 Å². The topological polar surface area (TPSA) is 51.0 Å². The van der Waals surface area contributed by atoms with Crippen molar-refractivity contribution in [3.63, 3.8) is 0 Å². The second-order valence-corrected chi connectivity index (χ2v) is 6.08. The fourth-order valence-corrected chi connectivity index (χ4v) is 2.66. The Morgan fingerprint density at radius 3 is 2.32 bits per heavy atom. The first-order valence-electron chi connectivity index (χ1n) is 7.59. The minimum Gasteiger partial charge on any atom is -0.503 e. The zero-order valence-corrected chi connectivity index (χ0v) is 15.1. The van der Waals surface area contributed by atoms with Gasteiger partial charge < -0.3 is 14.6 Å². The number of aromatic hydroxyl groups is 1. The molecule has 0 fully saturated rings. The summed E-state index contributed by atoms with van der Waals surface area (Å²) in [4.78, 5) is 4.43. The van der Waals surface area contributed by atoms with Crippen molar-refractivity contribution < 1.29 is 14.6 Å². The van der Waals surface area contributed by atoms with E-state index >= 15 is 0 Å². The summed E-state index contributed by atoms with van der Waals surface area (Å²) in [5.74, 6) is 2.00. The Hall–Kier alpha value is -2.79. The number of rotatable bonds is 5. The van der Waals surface area contributed by atoms with Crippen molar-refractivity contribution in [1.29, 1.82) is 0 Å². The molecule has 0 heterocycles. The lowest BCUT2D eigenvalue weighted by Gasteiger charge is -2.06. The summed E-state index contributed by atoms with van der Waals surface area (Å²) < 4.78 is 11.4. The zero-order chi connectivity index (χ0) is 17.6. The number of para-hydroxylation sites is 1. The van der Waals surface area contributed by atoms with Crippen LogP contribution in [-0.4, -0.2) is 18.4 Å². The molecule has 5 heteroatoms. The molecule has 3 rings (SSSR count). The smallest absolute Gasteiger partial charge is 0.172 e. The molecular weight excluding hydrogens is 382 g/mol. The summed E-state index contributed by atoms with van der Waals surface area (Å²) in [6.07, 6.45) is 1.71. The van der Waals surface area contributed by atoms with E-state index in [-0.39, 0.29) is 5.75 Å². The predicted octanol–water partition coefficient (Wildman–Crippen LogP) is 5.71. The van der Waals surface area contributed by atoms with Gasteiger partial charge in [-0.3, -0.25) is 4.99 Å². The summed E-state index contributed by atoms with van der Waals surface area (Å²) >= 11 is 3.30. The molecule has 0 aromatic heterocycles. The average Bonchev–Trinajstić information content (AvgIpc) is 2.64. The molecule has 1 N–H and O–H groups in total. The Labute approximate surface area is 154 Å². The molecular formula is C20H16BrNO3. The zero-order valence-electron chi connectivity index (χ0n) is 13.5. The number of ether oxygens (including phenoxy) is 2. The van der Waals surface area contributed by atoms with Gasteiger partial charge in [0, 0.05) is 6.21 Å². The van der Waals surface area contributed by atoms with E-state index in [4.69, 9.17) is 9.47 Å². The quantitative estimate of drug-likeness (QED) is 0.561. The fraction of sp³-hybridized carbons (Fsp3) is 0.0500. The second kappa shape index (κ2) is 7.85. The monoisotopic (exact) mass is 397 g/mol. The molecule has 0 unspecified atom stereocenters. The van der Waals surface area contributed by atoms with E-state index in [1.807, 2.05) is 54.6 Å². The largest absolute Gasteiger partial charge is 0.503 e. The summed E-state index contributed by atoms with van der Waals surface area (Å²) in [6, 6.07) is 20.6. The lowest BCUT2D eigenvalue weighted by Crippen LogP contribution is -1.88. The molecule has 0 aliphatic heterocycles. The van der Waals surface area contributed by atoms with Crippen molar-refractivity contribution in [2.24, 2.45) is 4.99 Å². The number of aliphatic imine (C=N–C) groups is 1. The van der Waals surface area contributed by atoms with Crippen molar-refractivity contribution >= 4 is 27.8 Å². The van der Waals surface area contributed by atoms with E-state index in [0.717, 1.165) is 22.7 Å². The van der Waals surface area contributed by atoms with Crippen LogP contribution in [0.2, 0.25) is 0 Å². The highest BCUT2D eigenvalue weighted by atomic mass is 79.9. The first-order valence-corrected chi connectivity index (χ1v) is 8.38. The molecule has 0 saturated heterocycles. The molecule has 0 atom stereocenters. The van der Waals surface area contributed by atoms with Gasteiger partial charge in [0.25, 0.3) is 0 Å². The fourth-order valence-electron chi connectivity index (χ4n) is 2.20. The Morgan fingerprint density at radius 2 is 1.64 bits per heavy atom. The molecule has 0 amide bonds. The number of methoxy groups -OCH3 is 1. The predicted molar refractivity (Wildman–Crippen MR) is 103 cm³/mol. The van der Waals surface area contributed by atoms with Gasteiger partial charge in [-0.25, -0.2) is 0 Å². The summed E-state index contributed by atoms with van der Waals surface area (Å²) in [5, 5.41) is 9.83. The van der Waals surface area contributed by atoms with Gasteiger partial charge in [0.15, 0.2) is 11.5 Å². The van der Waals surface area contributed by atoms with E-state index < -0.39 is 0 Å². The van der Waals surface area contributed by atoms with Gasteiger partial charge in [-0.2, -0.15) is 0 Å². The van der Waals surface area contributed by atoms with Crippen LogP contribution in [0.25, 0.3) is 0 Å². The molecule has 0 radical (unpaired) electrons. The van der Waals surface area contributed by atoms with Gasteiger partial charge in [-0.1, -0.05) is 18.2 Å². The highest BCUT2D eigenvalue weighted by molar-refractivity contribution is 9.10. The van der Waals surface area contributed by atoms with Crippen LogP contribution in [-0.2, 0) is 0 Å².